The van der Waals surface area contributed by atoms with Gasteiger partial charge in [0.05, 0.1) is 36.4 Å². The number of amides is 1. The molecule has 0 bridgehead atoms. The molecule has 180 valence electrons. The summed E-state index contributed by atoms with van der Waals surface area (Å²) in [4.78, 5) is 12.2. The number of halogens is 1. The molecule has 7 heteroatoms. The summed E-state index contributed by atoms with van der Waals surface area (Å²) < 4.78 is 27.3. The molecule has 1 saturated carbocycles. The first-order chi connectivity index (χ1) is 16.9. The summed E-state index contributed by atoms with van der Waals surface area (Å²) in [5, 5.41) is 4.64. The fourth-order valence-electron chi connectivity index (χ4n) is 6.62. The number of carbonyl (C=O) groups excluding carboxylic acids is 1. The van der Waals surface area contributed by atoms with Crippen LogP contribution in [0.15, 0.2) is 54.2 Å². The number of fused-ring (bicyclic) bond motifs is 3. The molecular formula is C28H28FN3O3. The molecule has 3 aromatic rings. The number of primary amides is 1. The van der Waals surface area contributed by atoms with E-state index in [0.717, 1.165) is 42.6 Å². The topological polar surface area (TPSA) is 82.7 Å². The molecule has 3 aliphatic rings. The predicted molar refractivity (Wildman–Crippen MR) is 130 cm³/mol. The normalized spacial score (nSPS) is 26.3. The minimum atomic E-state index is -0.486. The summed E-state index contributed by atoms with van der Waals surface area (Å²) in [7, 11) is 1.55. The molecule has 3 atom stereocenters. The van der Waals surface area contributed by atoms with Crippen molar-refractivity contribution in [2.45, 2.75) is 50.7 Å². The lowest BCUT2D eigenvalue weighted by molar-refractivity contribution is 0.0996. The van der Waals surface area contributed by atoms with Crippen molar-refractivity contribution in [3.8, 4) is 11.4 Å². The van der Waals surface area contributed by atoms with E-state index in [2.05, 4.69) is 18.1 Å². The van der Waals surface area contributed by atoms with E-state index in [-0.39, 0.29) is 22.9 Å². The number of nitrogens with zero attached hydrogens (tertiary/aromatic N) is 2. The molecule has 6 rings (SSSR count). The van der Waals surface area contributed by atoms with Gasteiger partial charge >= 0.3 is 0 Å². The average molecular weight is 474 g/mol. The van der Waals surface area contributed by atoms with Crippen molar-refractivity contribution < 1.29 is 18.7 Å². The number of nitrogens with two attached hydrogens (primary N) is 1. The molecule has 1 aromatic heterocycles. The van der Waals surface area contributed by atoms with E-state index in [1.807, 2.05) is 23.0 Å². The molecule has 1 saturated heterocycles. The minimum absolute atomic E-state index is 0.00671. The zero-order valence-corrected chi connectivity index (χ0v) is 19.9. The fraction of sp³-hybridized carbons (Fsp3) is 0.357. The maximum absolute atomic E-state index is 13.4. The minimum Gasteiger partial charge on any atom is -0.496 e. The number of benzene rings is 2. The van der Waals surface area contributed by atoms with Crippen molar-refractivity contribution in [3.05, 3.63) is 82.4 Å². The number of ether oxygens (including phenoxy) is 2. The van der Waals surface area contributed by atoms with E-state index in [1.165, 1.54) is 23.3 Å². The molecule has 1 spiro atoms. The van der Waals surface area contributed by atoms with Crippen LogP contribution in [0.2, 0.25) is 0 Å². The Balaban J connectivity index is 1.33. The maximum atomic E-state index is 13.4. The van der Waals surface area contributed by atoms with E-state index in [0.29, 0.717) is 17.7 Å². The van der Waals surface area contributed by atoms with Gasteiger partial charge in [-0.1, -0.05) is 24.6 Å². The molecule has 2 heterocycles. The van der Waals surface area contributed by atoms with Crippen LogP contribution >= 0.6 is 0 Å². The first kappa shape index (κ1) is 22.0. The van der Waals surface area contributed by atoms with Gasteiger partial charge in [-0.05, 0) is 73.2 Å². The molecule has 2 aliphatic carbocycles. The summed E-state index contributed by atoms with van der Waals surface area (Å²) in [6, 6.07) is 12.0. The van der Waals surface area contributed by atoms with Gasteiger partial charge in [0.25, 0.3) is 5.91 Å². The third-order valence-corrected chi connectivity index (χ3v) is 8.35. The largest absolute Gasteiger partial charge is 0.496 e. The van der Waals surface area contributed by atoms with Gasteiger partial charge in [-0.2, -0.15) is 5.10 Å². The van der Waals surface area contributed by atoms with Crippen LogP contribution < -0.4 is 10.5 Å². The highest BCUT2D eigenvalue weighted by Crippen LogP contribution is 2.67. The molecular weight excluding hydrogens is 445 g/mol. The number of epoxide rings is 1. The standard InChI is InChI=1S/C28H28FN3O3/c1-3-27-15-18-16-31-32(21-9-7-20(29)8-10-21)22(18)14-19(27)11-12-28(27)24(35-28)13-17-5-4-6-23(34-2)25(17)26(30)33/h4-10,14,16,24H,3,11-13,15H2,1-2H3,(H2,30,33)/t24?,27-,28+/m0/s1. The lowest BCUT2D eigenvalue weighted by Gasteiger charge is -2.37. The average Bonchev–Trinajstić information content (AvgIpc) is 3.26. The Labute approximate surface area is 203 Å². The van der Waals surface area contributed by atoms with Crippen molar-refractivity contribution in [2.24, 2.45) is 11.1 Å². The van der Waals surface area contributed by atoms with Gasteiger partial charge in [0.1, 0.15) is 17.2 Å². The first-order valence-electron chi connectivity index (χ1n) is 12.1. The van der Waals surface area contributed by atoms with Crippen LogP contribution in [0.4, 0.5) is 4.39 Å². The molecule has 6 nitrogen and oxygen atoms in total. The Morgan fingerprint density at radius 3 is 2.80 bits per heavy atom. The summed E-state index contributed by atoms with van der Waals surface area (Å²) in [5.41, 5.74) is 11.1. The molecule has 0 radical (unpaired) electrons. The molecule has 1 unspecified atom stereocenters. The van der Waals surface area contributed by atoms with Crippen LogP contribution in [0.25, 0.3) is 11.8 Å². The number of carbonyl (C=O) groups is 1. The maximum Gasteiger partial charge on any atom is 0.252 e. The molecule has 1 aliphatic heterocycles. The first-order valence-corrected chi connectivity index (χ1v) is 12.1. The lowest BCUT2D eigenvalue weighted by Crippen LogP contribution is -2.40. The van der Waals surface area contributed by atoms with Crippen molar-refractivity contribution in [1.29, 1.82) is 0 Å². The molecule has 35 heavy (non-hydrogen) atoms. The van der Waals surface area contributed by atoms with E-state index in [1.54, 1.807) is 25.3 Å². The molecule has 2 fully saturated rings. The zero-order valence-electron chi connectivity index (χ0n) is 19.9. The Morgan fingerprint density at radius 2 is 2.09 bits per heavy atom. The van der Waals surface area contributed by atoms with Crippen LogP contribution in [-0.2, 0) is 17.6 Å². The van der Waals surface area contributed by atoms with Gasteiger partial charge in [0.15, 0.2) is 0 Å². The van der Waals surface area contributed by atoms with Gasteiger partial charge in [0.2, 0.25) is 0 Å². The predicted octanol–water partition coefficient (Wildman–Crippen LogP) is 4.63. The number of hydrogen-bond acceptors (Lipinski definition) is 4. The van der Waals surface area contributed by atoms with Gasteiger partial charge < -0.3 is 15.2 Å². The Morgan fingerprint density at radius 1 is 1.29 bits per heavy atom. The van der Waals surface area contributed by atoms with E-state index >= 15 is 0 Å². The number of hydrogen-bond donors (Lipinski definition) is 1. The fourth-order valence-corrected chi connectivity index (χ4v) is 6.62. The highest BCUT2D eigenvalue weighted by Gasteiger charge is 2.71. The molecule has 2 aromatic carbocycles. The van der Waals surface area contributed by atoms with Crippen molar-refractivity contribution in [3.63, 3.8) is 0 Å². The summed E-state index contributed by atoms with van der Waals surface area (Å²) in [6.45, 7) is 2.23. The van der Waals surface area contributed by atoms with Crippen LogP contribution in [0.1, 0.15) is 53.4 Å². The second kappa shape index (κ2) is 7.78. The number of aromatic nitrogens is 2. The zero-order chi connectivity index (χ0) is 24.4. The van der Waals surface area contributed by atoms with E-state index < -0.39 is 5.91 Å². The van der Waals surface area contributed by atoms with Gasteiger partial charge in [-0.25, -0.2) is 9.07 Å². The summed E-state index contributed by atoms with van der Waals surface area (Å²) in [5.74, 6) is -0.249. The smallest absolute Gasteiger partial charge is 0.252 e. The highest BCUT2D eigenvalue weighted by molar-refractivity contribution is 5.97. The third kappa shape index (κ3) is 3.11. The molecule has 1 amide bonds. The summed E-state index contributed by atoms with van der Waals surface area (Å²) in [6.07, 6.45) is 8.53. The van der Waals surface area contributed by atoms with Gasteiger partial charge in [0, 0.05) is 11.8 Å². The van der Waals surface area contributed by atoms with Gasteiger partial charge in [-0.15, -0.1) is 0 Å². The van der Waals surface area contributed by atoms with Crippen LogP contribution in [0.5, 0.6) is 5.75 Å². The Bertz CT molecular complexity index is 1360. The SMILES string of the molecule is CC[C@]12Cc3cnn(-c4ccc(F)cc4)c3C=C1CC[C@]21OC1Cc1cccc(OC)c1C(N)=O. The van der Waals surface area contributed by atoms with Crippen molar-refractivity contribution >= 4 is 12.0 Å². The summed E-state index contributed by atoms with van der Waals surface area (Å²) >= 11 is 0. The van der Waals surface area contributed by atoms with Crippen molar-refractivity contribution in [2.75, 3.05) is 7.11 Å². The number of rotatable bonds is 6. The quantitative estimate of drug-likeness (QED) is 0.529. The van der Waals surface area contributed by atoms with E-state index in [9.17, 15) is 9.18 Å². The monoisotopic (exact) mass is 473 g/mol. The second-order valence-corrected chi connectivity index (χ2v) is 9.78. The van der Waals surface area contributed by atoms with Crippen LogP contribution in [0, 0.1) is 11.2 Å². The number of methoxy groups -OCH3 is 1. The Kier molecular flexibility index (Phi) is 4.90. The highest BCUT2D eigenvalue weighted by atomic mass is 19.1. The molecule has 2 N–H and O–H groups in total. The van der Waals surface area contributed by atoms with E-state index in [4.69, 9.17) is 15.2 Å². The lowest BCUT2D eigenvalue weighted by atomic mass is 9.65. The third-order valence-electron chi connectivity index (χ3n) is 8.35. The Hall–Kier alpha value is -3.45. The van der Waals surface area contributed by atoms with Gasteiger partial charge in [-0.3, -0.25) is 4.79 Å². The van der Waals surface area contributed by atoms with Crippen LogP contribution in [-0.4, -0.2) is 34.5 Å². The van der Waals surface area contributed by atoms with Crippen molar-refractivity contribution in [1.82, 2.24) is 9.78 Å². The van der Waals surface area contributed by atoms with Crippen LogP contribution in [0.3, 0.4) is 0 Å². The second-order valence-electron chi connectivity index (χ2n) is 9.78.